The van der Waals surface area contributed by atoms with E-state index in [4.69, 9.17) is 19.4 Å². The first-order chi connectivity index (χ1) is 13.9. The summed E-state index contributed by atoms with van der Waals surface area (Å²) in [6.07, 6.45) is -1.18. The fourth-order valence-corrected chi connectivity index (χ4v) is 5.29. The first-order valence-electron chi connectivity index (χ1n) is 9.13. The fraction of sp³-hybridized carbons (Fsp3) is 0.647. The highest BCUT2D eigenvalue weighted by molar-refractivity contribution is 7.90. The van der Waals surface area contributed by atoms with E-state index >= 15 is 0 Å². The Hall–Kier alpha value is -1.99. The molecule has 13 heteroatoms. The van der Waals surface area contributed by atoms with Gasteiger partial charge >= 0.3 is 12.1 Å². The van der Waals surface area contributed by atoms with Crippen LogP contribution in [0.1, 0.15) is 25.7 Å². The quantitative estimate of drug-likeness (QED) is 0.691. The Kier molecular flexibility index (Phi) is 6.25. The van der Waals surface area contributed by atoms with Crippen molar-refractivity contribution in [2.75, 3.05) is 19.7 Å². The Bertz CT molecular complexity index is 892. The van der Waals surface area contributed by atoms with Crippen molar-refractivity contribution in [3.05, 3.63) is 24.1 Å². The lowest BCUT2D eigenvalue weighted by Gasteiger charge is -2.23. The maximum absolute atomic E-state index is 13.6. The molecule has 3 heterocycles. The van der Waals surface area contributed by atoms with Crippen LogP contribution in [0.3, 0.4) is 0 Å². The summed E-state index contributed by atoms with van der Waals surface area (Å²) >= 11 is 0. The molecule has 4 rings (SSSR count). The molecule has 8 nitrogen and oxygen atoms in total. The molecule has 0 unspecified atom stereocenters. The van der Waals surface area contributed by atoms with Crippen LogP contribution < -0.4 is 4.74 Å². The Morgan fingerprint density at radius 2 is 2.03 bits per heavy atom. The van der Waals surface area contributed by atoms with Gasteiger partial charge in [0.25, 0.3) is 5.88 Å². The molecule has 1 spiro atoms. The van der Waals surface area contributed by atoms with Crippen molar-refractivity contribution in [3.63, 3.8) is 0 Å². The second kappa shape index (κ2) is 8.27. The van der Waals surface area contributed by atoms with Gasteiger partial charge in [-0.05, 0) is 31.4 Å². The van der Waals surface area contributed by atoms with E-state index in [2.05, 4.69) is 4.98 Å². The van der Waals surface area contributed by atoms with E-state index in [0.717, 1.165) is 12.8 Å². The summed E-state index contributed by atoms with van der Waals surface area (Å²) in [5, 5.41) is 6.92. The second-order valence-corrected chi connectivity index (χ2v) is 9.57. The zero-order chi connectivity index (χ0) is 22.2. The molecule has 0 aromatic carbocycles. The van der Waals surface area contributed by atoms with E-state index in [9.17, 15) is 26.0 Å². The van der Waals surface area contributed by atoms with Crippen molar-refractivity contribution in [3.8, 4) is 5.88 Å². The monoisotopic (exact) mass is 456 g/mol. The Morgan fingerprint density at radius 3 is 2.60 bits per heavy atom. The number of rotatable bonds is 4. The van der Waals surface area contributed by atoms with Crippen LogP contribution in [0.25, 0.3) is 0 Å². The standard InChI is InChI=1S/C15H19FN2O4S.C2HF3O2/c16-13-2-1-6-17-14(13)22-11-8-15(21-9-11)5-7-18(10-15)23(19,20)12-3-4-12;3-2(4,5)1(6)7/h1-2,6,11-12H,3-5,7-10H2;(H,6,7)/t11-,15-;/m0./s1. The van der Waals surface area contributed by atoms with Crippen molar-refractivity contribution in [2.45, 2.75) is 48.8 Å². The molecule has 0 bridgehead atoms. The molecule has 2 atom stereocenters. The summed E-state index contributed by atoms with van der Waals surface area (Å²) in [6, 6.07) is 2.81. The third-order valence-electron chi connectivity index (χ3n) is 5.01. The normalized spacial score (nSPS) is 27.0. The highest BCUT2D eigenvalue weighted by Crippen LogP contribution is 2.40. The fourth-order valence-electron chi connectivity index (χ4n) is 3.38. The number of hydrogen-bond acceptors (Lipinski definition) is 6. The largest absolute Gasteiger partial charge is 0.490 e. The van der Waals surface area contributed by atoms with Gasteiger partial charge in [0.2, 0.25) is 10.0 Å². The average Bonchev–Trinajstić information content (AvgIpc) is 3.34. The molecule has 1 aromatic rings. The molecule has 3 aliphatic rings. The van der Waals surface area contributed by atoms with E-state index in [0.29, 0.717) is 32.5 Å². The molecule has 1 N–H and O–H groups in total. The lowest BCUT2D eigenvalue weighted by atomic mass is 9.98. The number of alkyl halides is 3. The summed E-state index contributed by atoms with van der Waals surface area (Å²) in [7, 11) is -3.17. The van der Waals surface area contributed by atoms with Crippen molar-refractivity contribution in [1.82, 2.24) is 9.29 Å². The predicted molar refractivity (Wildman–Crippen MR) is 93.7 cm³/mol. The average molecular weight is 456 g/mol. The molecule has 30 heavy (non-hydrogen) atoms. The van der Waals surface area contributed by atoms with Gasteiger partial charge in [-0.1, -0.05) is 0 Å². The van der Waals surface area contributed by atoms with E-state index in [1.807, 2.05) is 0 Å². The lowest BCUT2D eigenvalue weighted by Crippen LogP contribution is -2.37. The Balaban J connectivity index is 0.000000318. The SMILES string of the molecule is O=C(O)C(F)(F)F.O=S(=O)(C1CC1)N1CC[C@]2(C[C@H](Oc3ncccc3F)CO2)C1. The van der Waals surface area contributed by atoms with Crippen LogP contribution in [0.15, 0.2) is 18.3 Å². The van der Waals surface area contributed by atoms with Crippen LogP contribution in [-0.4, -0.2) is 71.6 Å². The number of halogens is 4. The van der Waals surface area contributed by atoms with Gasteiger partial charge in [-0.2, -0.15) is 17.5 Å². The summed E-state index contributed by atoms with van der Waals surface area (Å²) in [5.41, 5.74) is -0.502. The summed E-state index contributed by atoms with van der Waals surface area (Å²) in [6.45, 7) is 1.19. The zero-order valence-corrected chi connectivity index (χ0v) is 16.5. The van der Waals surface area contributed by atoms with Gasteiger partial charge in [0.15, 0.2) is 5.82 Å². The molecule has 3 fully saturated rings. The Labute approximate surface area is 169 Å². The minimum absolute atomic E-state index is 0.0291. The summed E-state index contributed by atoms with van der Waals surface area (Å²) in [4.78, 5) is 12.8. The number of sulfonamides is 1. The molecule has 2 aliphatic heterocycles. The molecule has 1 saturated carbocycles. The van der Waals surface area contributed by atoms with Gasteiger partial charge in [0.05, 0.1) is 17.5 Å². The summed E-state index contributed by atoms with van der Waals surface area (Å²) in [5.74, 6) is -3.29. The van der Waals surface area contributed by atoms with E-state index in [1.54, 1.807) is 4.31 Å². The van der Waals surface area contributed by atoms with E-state index in [1.165, 1.54) is 18.3 Å². The maximum atomic E-state index is 13.6. The number of aromatic nitrogens is 1. The number of carboxylic acid groups (broad SMARTS) is 1. The first-order valence-corrected chi connectivity index (χ1v) is 10.6. The van der Waals surface area contributed by atoms with Crippen molar-refractivity contribution in [2.24, 2.45) is 0 Å². The van der Waals surface area contributed by atoms with Crippen LogP contribution in [0.5, 0.6) is 5.88 Å². The highest BCUT2D eigenvalue weighted by atomic mass is 32.2. The molecular weight excluding hydrogens is 436 g/mol. The smallest absolute Gasteiger partial charge is 0.475 e. The minimum Gasteiger partial charge on any atom is -0.475 e. The van der Waals surface area contributed by atoms with Gasteiger partial charge in [-0.15, -0.1) is 0 Å². The molecule has 0 amide bonds. The third kappa shape index (κ3) is 5.19. The number of aliphatic carboxylic acids is 1. The van der Waals surface area contributed by atoms with Crippen molar-refractivity contribution >= 4 is 16.0 Å². The molecular formula is C17H20F4N2O6S. The molecule has 1 aliphatic carbocycles. The number of ether oxygens (including phenoxy) is 2. The van der Waals surface area contributed by atoms with Crippen molar-refractivity contribution in [1.29, 1.82) is 0 Å². The highest BCUT2D eigenvalue weighted by Gasteiger charge is 2.52. The van der Waals surface area contributed by atoms with Crippen LogP contribution in [0.4, 0.5) is 17.6 Å². The molecule has 2 saturated heterocycles. The Morgan fingerprint density at radius 1 is 1.37 bits per heavy atom. The minimum atomic E-state index is -5.08. The van der Waals surface area contributed by atoms with E-state index in [-0.39, 0.29) is 17.2 Å². The number of pyridine rings is 1. The number of carbonyl (C=O) groups is 1. The third-order valence-corrected chi connectivity index (χ3v) is 7.35. The van der Waals surface area contributed by atoms with Crippen LogP contribution in [0, 0.1) is 5.82 Å². The molecule has 168 valence electrons. The first kappa shape index (κ1) is 22.7. The predicted octanol–water partition coefficient (Wildman–Crippen LogP) is 1.96. The van der Waals surface area contributed by atoms with Gasteiger partial charge in [-0.25, -0.2) is 22.6 Å². The lowest BCUT2D eigenvalue weighted by molar-refractivity contribution is -0.192. The van der Waals surface area contributed by atoms with Crippen LogP contribution in [-0.2, 0) is 19.6 Å². The summed E-state index contributed by atoms with van der Waals surface area (Å²) < 4.78 is 83.0. The van der Waals surface area contributed by atoms with Gasteiger partial charge in [0.1, 0.15) is 6.10 Å². The van der Waals surface area contributed by atoms with Gasteiger partial charge in [0, 0.05) is 25.7 Å². The number of hydrogen-bond donors (Lipinski definition) is 1. The maximum Gasteiger partial charge on any atom is 0.490 e. The number of carboxylic acids is 1. The van der Waals surface area contributed by atoms with Gasteiger partial charge in [-0.3, -0.25) is 0 Å². The van der Waals surface area contributed by atoms with Crippen LogP contribution >= 0.6 is 0 Å². The topological polar surface area (TPSA) is 106 Å². The molecule has 1 aromatic heterocycles. The molecule has 0 radical (unpaired) electrons. The van der Waals surface area contributed by atoms with E-state index < -0.39 is 33.6 Å². The number of nitrogens with zero attached hydrogens (tertiary/aromatic N) is 2. The zero-order valence-electron chi connectivity index (χ0n) is 15.6. The van der Waals surface area contributed by atoms with Gasteiger partial charge < -0.3 is 14.6 Å². The van der Waals surface area contributed by atoms with Crippen LogP contribution in [0.2, 0.25) is 0 Å². The van der Waals surface area contributed by atoms with Crippen molar-refractivity contribution < 1.29 is 45.4 Å². The second-order valence-electron chi connectivity index (χ2n) is 7.36.